The number of piperidine rings is 1. The van der Waals surface area contributed by atoms with E-state index in [1.165, 1.54) is 25.9 Å². The van der Waals surface area contributed by atoms with Crippen molar-refractivity contribution in [1.29, 1.82) is 0 Å². The molecule has 2 aliphatic rings. The van der Waals surface area contributed by atoms with E-state index in [2.05, 4.69) is 42.9 Å². The Hall–Kier alpha value is -0.120. The van der Waals surface area contributed by atoms with Crippen LogP contribution in [-0.4, -0.2) is 60.6 Å². The zero-order chi connectivity index (χ0) is 11.8. The zero-order valence-electron chi connectivity index (χ0n) is 11.3. The molecule has 0 amide bonds. The first-order valence-electron chi connectivity index (χ1n) is 6.68. The molecule has 0 aromatic carbocycles. The quantitative estimate of drug-likeness (QED) is 0.722. The number of likely N-dealkylation sites (tertiary alicyclic amines) is 1. The third-order valence-electron chi connectivity index (χ3n) is 4.49. The minimum Gasteiger partial charge on any atom is -0.314 e. The molecule has 1 N–H and O–H groups in total. The first kappa shape index (κ1) is 12.3. The molecule has 0 aromatic rings. The van der Waals surface area contributed by atoms with Gasteiger partial charge in [0, 0.05) is 37.3 Å². The van der Waals surface area contributed by atoms with E-state index >= 15 is 0 Å². The fourth-order valence-electron chi connectivity index (χ4n) is 3.22. The van der Waals surface area contributed by atoms with Crippen LogP contribution in [0.15, 0.2) is 0 Å². The van der Waals surface area contributed by atoms with Crippen molar-refractivity contribution in [2.24, 2.45) is 0 Å². The average molecular weight is 225 g/mol. The van der Waals surface area contributed by atoms with Crippen LogP contribution in [0, 0.1) is 0 Å². The maximum atomic E-state index is 3.51. The molecule has 3 heteroatoms. The first-order chi connectivity index (χ1) is 7.50. The van der Waals surface area contributed by atoms with Crippen LogP contribution in [0.2, 0.25) is 0 Å². The fourth-order valence-corrected chi connectivity index (χ4v) is 3.22. The SMILES string of the molecule is CC1CC(N2CCNCC2(C)C)CCN1C. The molecule has 0 spiro atoms. The lowest BCUT2D eigenvalue weighted by molar-refractivity contribution is 0.00460. The maximum Gasteiger partial charge on any atom is 0.0281 e. The molecule has 0 aromatic heterocycles. The molecule has 2 atom stereocenters. The van der Waals surface area contributed by atoms with Crippen molar-refractivity contribution in [3.8, 4) is 0 Å². The highest BCUT2D eigenvalue weighted by atomic mass is 15.3. The van der Waals surface area contributed by atoms with E-state index < -0.39 is 0 Å². The van der Waals surface area contributed by atoms with Crippen LogP contribution in [-0.2, 0) is 0 Å². The Bertz CT molecular complexity index is 239. The summed E-state index contributed by atoms with van der Waals surface area (Å²) in [7, 11) is 2.25. The van der Waals surface area contributed by atoms with Gasteiger partial charge >= 0.3 is 0 Å². The number of hydrogen-bond donors (Lipinski definition) is 1. The Kier molecular flexibility index (Phi) is 3.57. The second kappa shape index (κ2) is 4.63. The molecule has 3 nitrogen and oxygen atoms in total. The van der Waals surface area contributed by atoms with E-state index in [0.29, 0.717) is 5.54 Å². The molecule has 0 saturated carbocycles. The first-order valence-corrected chi connectivity index (χ1v) is 6.68. The monoisotopic (exact) mass is 225 g/mol. The van der Waals surface area contributed by atoms with Crippen LogP contribution >= 0.6 is 0 Å². The number of nitrogens with one attached hydrogen (secondary N) is 1. The van der Waals surface area contributed by atoms with Gasteiger partial charge in [-0.1, -0.05) is 0 Å². The predicted octanol–water partition coefficient (Wildman–Crippen LogP) is 1.15. The van der Waals surface area contributed by atoms with Crippen LogP contribution in [0.5, 0.6) is 0 Å². The topological polar surface area (TPSA) is 18.5 Å². The van der Waals surface area contributed by atoms with Gasteiger partial charge in [0.2, 0.25) is 0 Å². The molecular formula is C13H27N3. The highest BCUT2D eigenvalue weighted by Crippen LogP contribution is 2.27. The van der Waals surface area contributed by atoms with Gasteiger partial charge in [0.25, 0.3) is 0 Å². The van der Waals surface area contributed by atoms with Gasteiger partial charge in [0.1, 0.15) is 0 Å². The third kappa shape index (κ3) is 2.41. The van der Waals surface area contributed by atoms with Gasteiger partial charge in [-0.05, 0) is 47.2 Å². The molecule has 2 rings (SSSR count). The second-order valence-corrected chi connectivity index (χ2v) is 6.19. The highest BCUT2D eigenvalue weighted by molar-refractivity contribution is 4.95. The number of nitrogens with zero attached hydrogens (tertiary/aromatic N) is 2. The molecule has 2 fully saturated rings. The number of piperazine rings is 1. The fraction of sp³-hybridized carbons (Fsp3) is 1.00. The molecule has 2 unspecified atom stereocenters. The normalized spacial score (nSPS) is 37.5. The van der Waals surface area contributed by atoms with Crippen LogP contribution in [0.3, 0.4) is 0 Å². The summed E-state index contributed by atoms with van der Waals surface area (Å²) in [5.41, 5.74) is 0.332. The van der Waals surface area contributed by atoms with E-state index in [9.17, 15) is 0 Å². The minimum absolute atomic E-state index is 0.332. The predicted molar refractivity (Wildman–Crippen MR) is 68.8 cm³/mol. The van der Waals surface area contributed by atoms with Crippen LogP contribution in [0.1, 0.15) is 33.6 Å². The summed E-state index contributed by atoms with van der Waals surface area (Å²) < 4.78 is 0. The van der Waals surface area contributed by atoms with Gasteiger partial charge in [-0.25, -0.2) is 0 Å². The zero-order valence-corrected chi connectivity index (χ0v) is 11.3. The van der Waals surface area contributed by atoms with Crippen molar-refractivity contribution in [2.45, 2.75) is 51.2 Å². The summed E-state index contributed by atoms with van der Waals surface area (Å²) in [6.45, 7) is 11.9. The highest BCUT2D eigenvalue weighted by Gasteiger charge is 2.37. The summed E-state index contributed by atoms with van der Waals surface area (Å²) in [6, 6.07) is 1.53. The lowest BCUT2D eigenvalue weighted by atomic mass is 9.90. The van der Waals surface area contributed by atoms with Crippen molar-refractivity contribution in [1.82, 2.24) is 15.1 Å². The van der Waals surface area contributed by atoms with E-state index in [0.717, 1.165) is 25.2 Å². The summed E-state index contributed by atoms with van der Waals surface area (Å²) in [4.78, 5) is 5.23. The second-order valence-electron chi connectivity index (χ2n) is 6.19. The molecule has 94 valence electrons. The Labute approximate surface area is 100 Å². The van der Waals surface area contributed by atoms with E-state index in [1.54, 1.807) is 0 Å². The Morgan fingerprint density at radius 3 is 2.62 bits per heavy atom. The van der Waals surface area contributed by atoms with Crippen molar-refractivity contribution >= 4 is 0 Å². The van der Waals surface area contributed by atoms with Crippen LogP contribution in [0.4, 0.5) is 0 Å². The van der Waals surface area contributed by atoms with Crippen LogP contribution < -0.4 is 5.32 Å². The van der Waals surface area contributed by atoms with Crippen molar-refractivity contribution in [3.63, 3.8) is 0 Å². The number of rotatable bonds is 1. The Morgan fingerprint density at radius 2 is 2.00 bits per heavy atom. The summed E-state index contributed by atoms with van der Waals surface area (Å²) in [6.07, 6.45) is 2.67. The van der Waals surface area contributed by atoms with Crippen molar-refractivity contribution in [3.05, 3.63) is 0 Å². The van der Waals surface area contributed by atoms with Gasteiger partial charge in [0.05, 0.1) is 0 Å². The maximum absolute atomic E-state index is 3.51. The molecule has 0 bridgehead atoms. The average Bonchev–Trinajstić information content (AvgIpc) is 2.22. The minimum atomic E-state index is 0.332. The van der Waals surface area contributed by atoms with Gasteiger partial charge in [0.15, 0.2) is 0 Å². The lowest BCUT2D eigenvalue weighted by Gasteiger charge is -2.50. The van der Waals surface area contributed by atoms with E-state index in [-0.39, 0.29) is 0 Å². The van der Waals surface area contributed by atoms with Crippen LogP contribution in [0.25, 0.3) is 0 Å². The smallest absolute Gasteiger partial charge is 0.0281 e. The Balaban J connectivity index is 2.01. The molecule has 2 heterocycles. The summed E-state index contributed by atoms with van der Waals surface area (Å²) in [5, 5.41) is 3.51. The van der Waals surface area contributed by atoms with E-state index in [1.807, 2.05) is 0 Å². The molecular weight excluding hydrogens is 198 g/mol. The van der Waals surface area contributed by atoms with Gasteiger partial charge < -0.3 is 10.2 Å². The summed E-state index contributed by atoms with van der Waals surface area (Å²) >= 11 is 0. The lowest BCUT2D eigenvalue weighted by Crippen LogP contribution is -2.63. The summed E-state index contributed by atoms with van der Waals surface area (Å²) in [5.74, 6) is 0. The van der Waals surface area contributed by atoms with Gasteiger partial charge in [-0.3, -0.25) is 4.90 Å². The third-order valence-corrected chi connectivity index (χ3v) is 4.49. The van der Waals surface area contributed by atoms with Crippen molar-refractivity contribution in [2.75, 3.05) is 33.2 Å². The molecule has 16 heavy (non-hydrogen) atoms. The molecule has 0 radical (unpaired) electrons. The molecule has 2 saturated heterocycles. The standard InChI is InChI=1S/C13H27N3/c1-11-9-12(5-7-15(11)4)16-8-6-14-10-13(16,2)3/h11-12,14H,5-10H2,1-4H3. The van der Waals surface area contributed by atoms with E-state index in [4.69, 9.17) is 0 Å². The molecule has 0 aliphatic carbocycles. The van der Waals surface area contributed by atoms with Gasteiger partial charge in [-0.15, -0.1) is 0 Å². The van der Waals surface area contributed by atoms with Crippen molar-refractivity contribution < 1.29 is 0 Å². The molecule has 2 aliphatic heterocycles. The van der Waals surface area contributed by atoms with Gasteiger partial charge in [-0.2, -0.15) is 0 Å². The number of hydrogen-bond acceptors (Lipinski definition) is 3. The Morgan fingerprint density at radius 1 is 1.25 bits per heavy atom. The largest absolute Gasteiger partial charge is 0.314 e.